The van der Waals surface area contributed by atoms with E-state index in [1.54, 1.807) is 0 Å². The van der Waals surface area contributed by atoms with E-state index in [9.17, 15) is 0 Å². The van der Waals surface area contributed by atoms with Crippen LogP contribution < -0.4 is 5.73 Å². The van der Waals surface area contributed by atoms with Crippen LogP contribution in [0.2, 0.25) is 0 Å². The predicted molar refractivity (Wildman–Crippen MR) is 91.2 cm³/mol. The number of halogens is 1. The van der Waals surface area contributed by atoms with Gasteiger partial charge in [0.2, 0.25) is 0 Å². The summed E-state index contributed by atoms with van der Waals surface area (Å²) >= 11 is 0. The summed E-state index contributed by atoms with van der Waals surface area (Å²) in [5, 5.41) is 0. The van der Waals surface area contributed by atoms with E-state index in [2.05, 4.69) is 41.3 Å². The molecule has 2 aromatic rings. The maximum absolute atomic E-state index is 5.78. The van der Waals surface area contributed by atoms with Crippen LogP contribution in [0.1, 0.15) is 22.7 Å². The number of nitrogens with two attached hydrogens (primary N) is 1. The Hall–Kier alpha value is -2.00. The molecule has 0 saturated carbocycles. The van der Waals surface area contributed by atoms with Crippen LogP contribution in [-0.4, -0.2) is 24.8 Å². The first-order valence-corrected chi connectivity index (χ1v) is 6.82. The van der Waals surface area contributed by atoms with Gasteiger partial charge in [0.1, 0.15) is 11.9 Å². The highest BCUT2D eigenvalue weighted by Gasteiger charge is 2.23. The highest BCUT2D eigenvalue weighted by atomic mass is 35.5. The van der Waals surface area contributed by atoms with Crippen molar-refractivity contribution in [2.45, 2.75) is 12.5 Å². The van der Waals surface area contributed by atoms with Gasteiger partial charge in [-0.2, -0.15) is 0 Å². The third kappa shape index (κ3) is 3.03. The van der Waals surface area contributed by atoms with Gasteiger partial charge in [-0.15, -0.1) is 12.4 Å². The molecular weight excluding hydrogens is 282 g/mol. The Balaban J connectivity index is 0.00000161. The average Bonchev–Trinajstić information content (AvgIpc) is 2.47. The molecule has 0 aliphatic carbocycles. The zero-order valence-electron chi connectivity index (χ0n) is 12.3. The third-order valence-electron chi connectivity index (χ3n) is 3.74. The fraction of sp³-hybridized carbons (Fsp3) is 0.235. The molecule has 0 amide bonds. The van der Waals surface area contributed by atoms with Gasteiger partial charge in [-0.1, -0.05) is 36.4 Å². The van der Waals surface area contributed by atoms with Crippen LogP contribution in [0.15, 0.2) is 53.5 Å². The summed E-state index contributed by atoms with van der Waals surface area (Å²) in [7, 11) is 4.10. The monoisotopic (exact) mass is 301 g/mol. The van der Waals surface area contributed by atoms with E-state index in [4.69, 9.17) is 10.7 Å². The zero-order chi connectivity index (χ0) is 14.1. The Bertz CT molecular complexity index is 647. The first-order chi connectivity index (χ1) is 9.65. The minimum atomic E-state index is 0. The summed E-state index contributed by atoms with van der Waals surface area (Å²) in [6.07, 6.45) is 0.897. The van der Waals surface area contributed by atoms with E-state index in [-0.39, 0.29) is 18.4 Å². The Morgan fingerprint density at radius 3 is 2.38 bits per heavy atom. The van der Waals surface area contributed by atoms with Crippen molar-refractivity contribution < 1.29 is 0 Å². The average molecular weight is 302 g/mol. The van der Waals surface area contributed by atoms with Crippen molar-refractivity contribution in [2.75, 3.05) is 19.8 Å². The molecule has 2 aromatic carbocycles. The van der Waals surface area contributed by atoms with Crippen LogP contribution in [0.5, 0.6) is 0 Å². The van der Waals surface area contributed by atoms with Crippen LogP contribution in [-0.2, 0) is 6.42 Å². The molecule has 21 heavy (non-hydrogen) atoms. The molecular formula is C17H20ClN3. The summed E-state index contributed by atoms with van der Waals surface area (Å²) in [5.74, 6) is 1.12. The van der Waals surface area contributed by atoms with Gasteiger partial charge in [-0.3, -0.25) is 4.99 Å². The zero-order valence-corrected chi connectivity index (χ0v) is 13.1. The lowest BCUT2D eigenvalue weighted by Crippen LogP contribution is -2.28. The maximum atomic E-state index is 5.78. The molecule has 2 N–H and O–H groups in total. The van der Waals surface area contributed by atoms with Crippen molar-refractivity contribution in [3.05, 3.63) is 65.2 Å². The molecule has 4 heteroatoms. The number of nitrogens with zero attached hydrogens (tertiary/aromatic N) is 2. The molecule has 0 bridgehead atoms. The SMILES string of the molecule is CN(C)C1=NC(c2ccc(N)cc2)c2ccccc2C1.Cl. The van der Waals surface area contributed by atoms with Gasteiger partial charge < -0.3 is 10.6 Å². The molecule has 1 atom stereocenters. The van der Waals surface area contributed by atoms with Crippen molar-refractivity contribution in [3.8, 4) is 0 Å². The number of likely N-dealkylation sites (N-methyl/N-ethyl adjacent to an activating group) is 1. The molecule has 0 spiro atoms. The molecule has 3 rings (SSSR count). The number of aliphatic imine (C=N–C) groups is 1. The number of benzene rings is 2. The van der Waals surface area contributed by atoms with E-state index < -0.39 is 0 Å². The molecule has 0 radical (unpaired) electrons. The molecule has 0 aromatic heterocycles. The lowest BCUT2D eigenvalue weighted by atomic mass is 9.90. The third-order valence-corrected chi connectivity index (χ3v) is 3.74. The topological polar surface area (TPSA) is 41.6 Å². The Morgan fingerprint density at radius 1 is 1.05 bits per heavy atom. The summed E-state index contributed by atoms with van der Waals surface area (Å²) in [6, 6.07) is 16.6. The number of amidine groups is 1. The Morgan fingerprint density at radius 2 is 1.71 bits per heavy atom. The highest BCUT2D eigenvalue weighted by Crippen LogP contribution is 2.33. The van der Waals surface area contributed by atoms with Crippen molar-refractivity contribution in [3.63, 3.8) is 0 Å². The maximum Gasteiger partial charge on any atom is 0.104 e. The fourth-order valence-corrected chi connectivity index (χ4v) is 2.60. The molecule has 110 valence electrons. The molecule has 1 aliphatic heterocycles. The predicted octanol–water partition coefficient (Wildman–Crippen LogP) is 3.30. The minimum absolute atomic E-state index is 0. The van der Waals surface area contributed by atoms with E-state index in [1.807, 2.05) is 26.2 Å². The highest BCUT2D eigenvalue weighted by molar-refractivity contribution is 5.86. The van der Waals surface area contributed by atoms with Gasteiger partial charge in [0.05, 0.1) is 0 Å². The standard InChI is InChI=1S/C17H19N3.ClH/c1-20(2)16-11-13-5-3-4-6-15(13)17(19-16)12-7-9-14(18)10-8-12;/h3-10,17H,11,18H2,1-2H3;1H. The second-order valence-corrected chi connectivity index (χ2v) is 5.38. The van der Waals surface area contributed by atoms with E-state index in [0.29, 0.717) is 0 Å². The van der Waals surface area contributed by atoms with Gasteiger partial charge in [-0.25, -0.2) is 0 Å². The number of rotatable bonds is 1. The number of nitrogen functional groups attached to an aromatic ring is 1. The minimum Gasteiger partial charge on any atom is -0.399 e. The van der Waals surface area contributed by atoms with Crippen LogP contribution in [0.3, 0.4) is 0 Å². The lowest BCUT2D eigenvalue weighted by Gasteiger charge is -2.27. The van der Waals surface area contributed by atoms with Gasteiger partial charge in [0.15, 0.2) is 0 Å². The second kappa shape index (κ2) is 6.19. The molecule has 1 aliphatic rings. The molecule has 1 heterocycles. The molecule has 1 unspecified atom stereocenters. The van der Waals surface area contributed by atoms with Crippen LogP contribution in [0.25, 0.3) is 0 Å². The number of hydrogen-bond acceptors (Lipinski definition) is 3. The summed E-state index contributed by atoms with van der Waals surface area (Å²) in [5.41, 5.74) is 10.4. The first kappa shape index (κ1) is 15.4. The lowest BCUT2D eigenvalue weighted by molar-refractivity contribution is 0.592. The smallest absolute Gasteiger partial charge is 0.104 e. The first-order valence-electron chi connectivity index (χ1n) is 6.82. The number of fused-ring (bicyclic) bond motifs is 1. The molecule has 0 fully saturated rings. The molecule has 3 nitrogen and oxygen atoms in total. The quantitative estimate of drug-likeness (QED) is 0.821. The van der Waals surface area contributed by atoms with Crippen molar-refractivity contribution >= 4 is 23.9 Å². The summed E-state index contributed by atoms with van der Waals surface area (Å²) < 4.78 is 0. The molecule has 0 saturated heterocycles. The van der Waals surface area contributed by atoms with Crippen molar-refractivity contribution in [1.82, 2.24) is 4.90 Å². The van der Waals surface area contributed by atoms with Gasteiger partial charge in [0, 0.05) is 26.2 Å². The van der Waals surface area contributed by atoms with Gasteiger partial charge >= 0.3 is 0 Å². The second-order valence-electron chi connectivity index (χ2n) is 5.38. The number of hydrogen-bond donors (Lipinski definition) is 1. The number of anilines is 1. The van der Waals surface area contributed by atoms with E-state index in [0.717, 1.165) is 17.9 Å². The Labute approximate surface area is 131 Å². The Kier molecular flexibility index (Phi) is 4.53. The van der Waals surface area contributed by atoms with Gasteiger partial charge in [0.25, 0.3) is 0 Å². The van der Waals surface area contributed by atoms with Crippen LogP contribution in [0.4, 0.5) is 5.69 Å². The fourth-order valence-electron chi connectivity index (χ4n) is 2.60. The van der Waals surface area contributed by atoms with E-state index >= 15 is 0 Å². The summed E-state index contributed by atoms with van der Waals surface area (Å²) in [6.45, 7) is 0. The van der Waals surface area contributed by atoms with E-state index in [1.165, 1.54) is 16.7 Å². The van der Waals surface area contributed by atoms with Crippen molar-refractivity contribution in [1.29, 1.82) is 0 Å². The summed E-state index contributed by atoms with van der Waals surface area (Å²) in [4.78, 5) is 7.02. The van der Waals surface area contributed by atoms with Gasteiger partial charge in [-0.05, 0) is 28.8 Å². The largest absolute Gasteiger partial charge is 0.399 e. The van der Waals surface area contributed by atoms with Crippen molar-refractivity contribution in [2.24, 2.45) is 4.99 Å². The van der Waals surface area contributed by atoms with Crippen LogP contribution >= 0.6 is 12.4 Å². The van der Waals surface area contributed by atoms with Crippen LogP contribution in [0, 0.1) is 0 Å². The normalized spacial score (nSPS) is 16.5.